The minimum absolute atomic E-state index is 0.00996. The summed E-state index contributed by atoms with van der Waals surface area (Å²) in [7, 11) is 1.58. The fourth-order valence-corrected chi connectivity index (χ4v) is 1.96. The molecule has 2 atom stereocenters. The van der Waals surface area contributed by atoms with Crippen LogP contribution in [0.2, 0.25) is 0 Å². The number of aliphatic hydroxyl groups excluding tert-OH is 1. The Kier molecular flexibility index (Phi) is 6.07. The van der Waals surface area contributed by atoms with Crippen molar-refractivity contribution in [3.63, 3.8) is 0 Å². The van der Waals surface area contributed by atoms with Gasteiger partial charge in [-0.15, -0.1) is 0 Å². The first-order chi connectivity index (χ1) is 8.62. The van der Waals surface area contributed by atoms with Gasteiger partial charge in [-0.1, -0.05) is 6.92 Å². The average molecular weight is 258 g/mol. The van der Waals surface area contributed by atoms with Crippen molar-refractivity contribution >= 4 is 11.8 Å². The average Bonchev–Trinajstić information content (AvgIpc) is 2.74. The molecule has 6 heteroatoms. The topological polar surface area (TPSA) is 78.9 Å². The maximum absolute atomic E-state index is 11.9. The first-order valence-electron chi connectivity index (χ1n) is 6.30. The molecule has 1 rings (SSSR count). The number of aliphatic hydroxyl groups is 1. The molecule has 2 N–H and O–H groups in total. The summed E-state index contributed by atoms with van der Waals surface area (Å²) in [6, 6.07) is -0.222. The molecular formula is C12H22N2O4. The molecule has 0 aromatic rings. The van der Waals surface area contributed by atoms with Crippen molar-refractivity contribution in [1.29, 1.82) is 0 Å². The van der Waals surface area contributed by atoms with Crippen LogP contribution < -0.4 is 5.32 Å². The minimum atomic E-state index is -0.310. The fourth-order valence-electron chi connectivity index (χ4n) is 1.96. The molecule has 0 spiro atoms. The van der Waals surface area contributed by atoms with Gasteiger partial charge in [-0.2, -0.15) is 0 Å². The van der Waals surface area contributed by atoms with E-state index in [2.05, 4.69) is 5.32 Å². The van der Waals surface area contributed by atoms with Gasteiger partial charge >= 0.3 is 0 Å². The maximum atomic E-state index is 11.9. The number of nitrogens with one attached hydrogen (secondary N) is 1. The predicted molar refractivity (Wildman–Crippen MR) is 65.9 cm³/mol. The molecule has 0 bridgehead atoms. The van der Waals surface area contributed by atoms with Gasteiger partial charge in [0.2, 0.25) is 11.8 Å². The number of hydrogen-bond donors (Lipinski definition) is 2. The molecule has 1 aliphatic rings. The van der Waals surface area contributed by atoms with Crippen molar-refractivity contribution < 1.29 is 19.4 Å². The third kappa shape index (κ3) is 3.96. The molecule has 1 heterocycles. The highest BCUT2D eigenvalue weighted by Gasteiger charge is 2.34. The summed E-state index contributed by atoms with van der Waals surface area (Å²) in [4.78, 5) is 25.2. The van der Waals surface area contributed by atoms with Crippen molar-refractivity contribution in [3.05, 3.63) is 0 Å². The fraction of sp³-hybridized carbons (Fsp3) is 0.833. The molecule has 0 saturated carbocycles. The van der Waals surface area contributed by atoms with E-state index < -0.39 is 0 Å². The minimum Gasteiger partial charge on any atom is -0.394 e. The van der Waals surface area contributed by atoms with Crippen molar-refractivity contribution in [3.8, 4) is 0 Å². The second-order valence-corrected chi connectivity index (χ2v) is 4.53. The van der Waals surface area contributed by atoms with Crippen LogP contribution in [0, 0.1) is 5.92 Å². The summed E-state index contributed by atoms with van der Waals surface area (Å²) in [5.41, 5.74) is 0. The van der Waals surface area contributed by atoms with Gasteiger partial charge in [-0.3, -0.25) is 9.59 Å². The summed E-state index contributed by atoms with van der Waals surface area (Å²) in [6.07, 6.45) is 0.924. The van der Waals surface area contributed by atoms with Crippen LogP contribution in [0.3, 0.4) is 0 Å². The third-order valence-corrected chi connectivity index (χ3v) is 3.21. The third-order valence-electron chi connectivity index (χ3n) is 3.21. The van der Waals surface area contributed by atoms with Crippen LogP contribution in [0.15, 0.2) is 0 Å². The van der Waals surface area contributed by atoms with Crippen LogP contribution in [-0.2, 0) is 14.3 Å². The SMILES string of the molecule is CCC(CO)NC(=O)C1CC(=O)N(CCOC)C1. The lowest BCUT2D eigenvalue weighted by molar-refractivity contribution is -0.129. The first kappa shape index (κ1) is 14.9. The van der Waals surface area contributed by atoms with Gasteiger partial charge < -0.3 is 20.1 Å². The molecule has 0 aliphatic carbocycles. The van der Waals surface area contributed by atoms with Crippen LogP contribution in [0.1, 0.15) is 19.8 Å². The van der Waals surface area contributed by atoms with Crippen LogP contribution in [-0.4, -0.2) is 61.3 Å². The summed E-state index contributed by atoms with van der Waals surface area (Å²) in [5, 5.41) is 11.8. The Balaban J connectivity index is 2.44. The van der Waals surface area contributed by atoms with Crippen molar-refractivity contribution in [2.24, 2.45) is 5.92 Å². The number of amides is 2. The molecule has 18 heavy (non-hydrogen) atoms. The van der Waals surface area contributed by atoms with E-state index >= 15 is 0 Å². The van der Waals surface area contributed by atoms with Gasteiger partial charge in [-0.05, 0) is 6.42 Å². The number of nitrogens with zero attached hydrogens (tertiary/aromatic N) is 1. The van der Waals surface area contributed by atoms with Gasteiger partial charge in [0.05, 0.1) is 25.2 Å². The molecule has 0 aromatic carbocycles. The van der Waals surface area contributed by atoms with E-state index in [1.54, 1.807) is 12.0 Å². The molecule has 2 amide bonds. The van der Waals surface area contributed by atoms with Gasteiger partial charge in [0.25, 0.3) is 0 Å². The van der Waals surface area contributed by atoms with Gasteiger partial charge in [-0.25, -0.2) is 0 Å². The number of likely N-dealkylation sites (tertiary alicyclic amines) is 1. The predicted octanol–water partition coefficient (Wildman–Crippen LogP) is -0.632. The lowest BCUT2D eigenvalue weighted by Crippen LogP contribution is -2.41. The zero-order valence-electron chi connectivity index (χ0n) is 11.0. The van der Waals surface area contributed by atoms with E-state index in [0.29, 0.717) is 26.1 Å². The Labute approximate surface area is 107 Å². The summed E-state index contributed by atoms with van der Waals surface area (Å²) in [6.45, 7) is 3.27. The Bertz CT molecular complexity index is 292. The number of carbonyl (C=O) groups is 2. The molecule has 1 fully saturated rings. The summed E-state index contributed by atoms with van der Waals surface area (Å²) in [5.74, 6) is -0.469. The lowest BCUT2D eigenvalue weighted by atomic mass is 10.1. The highest BCUT2D eigenvalue weighted by atomic mass is 16.5. The summed E-state index contributed by atoms with van der Waals surface area (Å²) >= 11 is 0. The van der Waals surface area contributed by atoms with Gasteiger partial charge in [0.15, 0.2) is 0 Å². The van der Waals surface area contributed by atoms with Crippen LogP contribution in [0.5, 0.6) is 0 Å². The van der Waals surface area contributed by atoms with E-state index in [9.17, 15) is 9.59 Å². The standard InChI is InChI=1S/C12H22N2O4/c1-3-10(8-15)13-12(17)9-6-11(16)14(7-9)4-5-18-2/h9-10,15H,3-8H2,1-2H3,(H,13,17). The zero-order chi connectivity index (χ0) is 13.5. The van der Waals surface area contributed by atoms with E-state index in [1.165, 1.54) is 0 Å². The number of ether oxygens (including phenoxy) is 1. The molecule has 1 aliphatic heterocycles. The number of carbonyl (C=O) groups excluding carboxylic acids is 2. The largest absolute Gasteiger partial charge is 0.394 e. The highest BCUT2D eigenvalue weighted by molar-refractivity contribution is 5.89. The van der Waals surface area contributed by atoms with Crippen LogP contribution in [0.4, 0.5) is 0 Å². The number of hydrogen-bond acceptors (Lipinski definition) is 4. The van der Waals surface area contributed by atoms with Crippen molar-refractivity contribution in [1.82, 2.24) is 10.2 Å². The molecule has 104 valence electrons. The molecule has 6 nitrogen and oxygen atoms in total. The number of rotatable bonds is 7. The van der Waals surface area contributed by atoms with E-state index in [0.717, 1.165) is 0 Å². The van der Waals surface area contributed by atoms with Crippen LogP contribution >= 0.6 is 0 Å². The molecule has 2 unspecified atom stereocenters. The maximum Gasteiger partial charge on any atom is 0.225 e. The normalized spacial score (nSPS) is 21.2. The van der Waals surface area contributed by atoms with Gasteiger partial charge in [0, 0.05) is 26.6 Å². The van der Waals surface area contributed by atoms with E-state index in [4.69, 9.17) is 9.84 Å². The zero-order valence-corrected chi connectivity index (χ0v) is 11.0. The molecular weight excluding hydrogens is 236 g/mol. The number of methoxy groups -OCH3 is 1. The van der Waals surface area contributed by atoms with Gasteiger partial charge in [0.1, 0.15) is 0 Å². The Hall–Kier alpha value is -1.14. The highest BCUT2D eigenvalue weighted by Crippen LogP contribution is 2.17. The monoisotopic (exact) mass is 258 g/mol. The Morgan fingerprint density at radius 2 is 2.39 bits per heavy atom. The molecule has 0 aromatic heterocycles. The quantitative estimate of drug-likeness (QED) is 0.637. The molecule has 0 radical (unpaired) electrons. The van der Waals surface area contributed by atoms with Crippen LogP contribution in [0.25, 0.3) is 0 Å². The van der Waals surface area contributed by atoms with Crippen molar-refractivity contribution in [2.75, 3.05) is 33.4 Å². The molecule has 1 saturated heterocycles. The van der Waals surface area contributed by atoms with E-state index in [-0.39, 0.29) is 36.8 Å². The van der Waals surface area contributed by atoms with Crippen molar-refractivity contribution in [2.45, 2.75) is 25.8 Å². The smallest absolute Gasteiger partial charge is 0.225 e. The Morgan fingerprint density at radius 3 is 2.94 bits per heavy atom. The second-order valence-electron chi connectivity index (χ2n) is 4.53. The first-order valence-corrected chi connectivity index (χ1v) is 6.30. The lowest BCUT2D eigenvalue weighted by Gasteiger charge is -2.18. The second kappa shape index (κ2) is 7.33. The Morgan fingerprint density at radius 1 is 1.67 bits per heavy atom. The summed E-state index contributed by atoms with van der Waals surface area (Å²) < 4.78 is 4.92. The van der Waals surface area contributed by atoms with E-state index in [1.807, 2.05) is 6.92 Å².